The number of nitrogens with two attached hydrogens (primary N) is 1. The molecule has 5 heteroatoms. The first-order valence-corrected chi connectivity index (χ1v) is 5.37. The van der Waals surface area contributed by atoms with Gasteiger partial charge in [-0.05, 0) is 24.6 Å². The number of rotatable bonds is 2. The highest BCUT2D eigenvalue weighted by Crippen LogP contribution is 2.22. The maximum absolute atomic E-state index is 11.4. The molecule has 0 unspecified atom stereocenters. The SMILES string of the molecule is COC(=O)c1ncc(-c2cncc(C)c2)cc1N. The number of nitrogen functional groups attached to an aromatic ring is 1. The number of aryl methyl sites for hydroxylation is 1. The van der Waals surface area contributed by atoms with Gasteiger partial charge in [0, 0.05) is 29.7 Å². The van der Waals surface area contributed by atoms with Gasteiger partial charge in [-0.1, -0.05) is 0 Å². The van der Waals surface area contributed by atoms with E-state index in [0.717, 1.165) is 16.7 Å². The summed E-state index contributed by atoms with van der Waals surface area (Å²) in [5, 5.41) is 0. The van der Waals surface area contributed by atoms with Crippen molar-refractivity contribution in [2.24, 2.45) is 0 Å². The highest BCUT2D eigenvalue weighted by molar-refractivity contribution is 5.93. The molecule has 2 heterocycles. The summed E-state index contributed by atoms with van der Waals surface area (Å²) in [4.78, 5) is 19.5. The van der Waals surface area contributed by atoms with E-state index in [1.165, 1.54) is 7.11 Å². The second-order valence-corrected chi connectivity index (χ2v) is 3.90. The predicted octanol–water partition coefficient (Wildman–Crippen LogP) is 1.82. The number of methoxy groups -OCH3 is 1. The van der Waals surface area contributed by atoms with Gasteiger partial charge in [-0.25, -0.2) is 9.78 Å². The number of carbonyl (C=O) groups excluding carboxylic acids is 1. The van der Waals surface area contributed by atoms with Gasteiger partial charge in [-0.15, -0.1) is 0 Å². The second kappa shape index (κ2) is 4.83. The lowest BCUT2D eigenvalue weighted by molar-refractivity contribution is 0.0595. The van der Waals surface area contributed by atoms with E-state index in [9.17, 15) is 4.79 Å². The highest BCUT2D eigenvalue weighted by atomic mass is 16.5. The van der Waals surface area contributed by atoms with Crippen LogP contribution in [0.1, 0.15) is 16.1 Å². The van der Waals surface area contributed by atoms with E-state index < -0.39 is 5.97 Å². The van der Waals surface area contributed by atoms with Crippen LogP contribution in [0, 0.1) is 6.92 Å². The van der Waals surface area contributed by atoms with E-state index in [0.29, 0.717) is 5.69 Å². The molecule has 2 rings (SSSR count). The van der Waals surface area contributed by atoms with Crippen molar-refractivity contribution < 1.29 is 9.53 Å². The molecule has 0 bridgehead atoms. The van der Waals surface area contributed by atoms with Crippen molar-refractivity contribution in [3.8, 4) is 11.1 Å². The topological polar surface area (TPSA) is 78.1 Å². The van der Waals surface area contributed by atoms with Crippen LogP contribution in [0.5, 0.6) is 0 Å². The van der Waals surface area contributed by atoms with E-state index >= 15 is 0 Å². The van der Waals surface area contributed by atoms with E-state index in [1.807, 2.05) is 13.0 Å². The molecule has 0 aliphatic carbocycles. The Morgan fingerprint density at radius 2 is 1.94 bits per heavy atom. The van der Waals surface area contributed by atoms with Crippen LogP contribution in [0.2, 0.25) is 0 Å². The Bertz CT molecular complexity index is 597. The number of aromatic nitrogens is 2. The van der Waals surface area contributed by atoms with Crippen LogP contribution in [0.4, 0.5) is 5.69 Å². The minimum absolute atomic E-state index is 0.127. The molecule has 0 aromatic carbocycles. The molecule has 0 saturated heterocycles. The van der Waals surface area contributed by atoms with Gasteiger partial charge >= 0.3 is 5.97 Å². The summed E-state index contributed by atoms with van der Waals surface area (Å²) >= 11 is 0. The largest absolute Gasteiger partial charge is 0.464 e. The molecule has 0 aliphatic rings. The summed E-state index contributed by atoms with van der Waals surface area (Å²) in [7, 11) is 1.29. The Balaban J connectivity index is 2.43. The molecule has 5 nitrogen and oxygen atoms in total. The first-order chi connectivity index (χ1) is 8.61. The molecule has 2 N–H and O–H groups in total. The van der Waals surface area contributed by atoms with Crippen LogP contribution in [0.25, 0.3) is 11.1 Å². The first kappa shape index (κ1) is 12.0. The van der Waals surface area contributed by atoms with Crippen LogP contribution in [-0.4, -0.2) is 23.0 Å². The molecule has 2 aromatic heterocycles. The number of pyridine rings is 2. The zero-order valence-corrected chi connectivity index (χ0v) is 10.2. The summed E-state index contributed by atoms with van der Waals surface area (Å²) < 4.78 is 4.59. The molecule has 0 amide bonds. The normalized spacial score (nSPS) is 10.1. The lowest BCUT2D eigenvalue weighted by Gasteiger charge is -2.06. The predicted molar refractivity (Wildman–Crippen MR) is 68.0 cm³/mol. The maximum Gasteiger partial charge on any atom is 0.358 e. The van der Waals surface area contributed by atoms with E-state index in [2.05, 4.69) is 14.7 Å². The third-order valence-corrected chi connectivity index (χ3v) is 2.50. The van der Waals surface area contributed by atoms with Gasteiger partial charge in [0.05, 0.1) is 12.8 Å². The number of anilines is 1. The van der Waals surface area contributed by atoms with Crippen molar-refractivity contribution >= 4 is 11.7 Å². The number of ether oxygens (including phenoxy) is 1. The van der Waals surface area contributed by atoms with Crippen LogP contribution >= 0.6 is 0 Å². The minimum Gasteiger partial charge on any atom is -0.464 e. The van der Waals surface area contributed by atoms with Gasteiger partial charge in [0.1, 0.15) is 0 Å². The molecule has 0 aliphatic heterocycles. The molecule has 0 fully saturated rings. The van der Waals surface area contributed by atoms with Gasteiger partial charge in [0.2, 0.25) is 0 Å². The lowest BCUT2D eigenvalue weighted by atomic mass is 10.1. The first-order valence-electron chi connectivity index (χ1n) is 5.37. The van der Waals surface area contributed by atoms with Gasteiger partial charge < -0.3 is 10.5 Å². The number of carbonyl (C=O) groups is 1. The van der Waals surface area contributed by atoms with Crippen molar-refractivity contribution in [3.63, 3.8) is 0 Å². The summed E-state index contributed by atoms with van der Waals surface area (Å²) in [5.41, 5.74) is 8.98. The van der Waals surface area contributed by atoms with Gasteiger partial charge in [-0.3, -0.25) is 4.98 Å². The zero-order chi connectivity index (χ0) is 13.1. The van der Waals surface area contributed by atoms with Crippen molar-refractivity contribution in [3.05, 3.63) is 42.0 Å². The van der Waals surface area contributed by atoms with Gasteiger partial charge in [-0.2, -0.15) is 0 Å². The molecule has 0 spiro atoms. The third kappa shape index (κ3) is 2.29. The summed E-state index contributed by atoms with van der Waals surface area (Å²) in [6.07, 6.45) is 5.07. The van der Waals surface area contributed by atoms with Gasteiger partial charge in [0.25, 0.3) is 0 Å². The van der Waals surface area contributed by atoms with E-state index in [-0.39, 0.29) is 5.69 Å². The fourth-order valence-corrected chi connectivity index (χ4v) is 1.62. The molecule has 0 saturated carbocycles. The summed E-state index contributed by atoms with van der Waals surface area (Å²) in [6.45, 7) is 1.95. The Morgan fingerprint density at radius 3 is 2.56 bits per heavy atom. The van der Waals surface area contributed by atoms with E-state index in [4.69, 9.17) is 5.73 Å². The maximum atomic E-state index is 11.4. The average molecular weight is 243 g/mol. The van der Waals surface area contributed by atoms with Crippen molar-refractivity contribution in [2.45, 2.75) is 6.92 Å². The fraction of sp³-hybridized carbons (Fsp3) is 0.154. The highest BCUT2D eigenvalue weighted by Gasteiger charge is 2.12. The molecule has 2 aromatic rings. The number of hydrogen-bond acceptors (Lipinski definition) is 5. The van der Waals surface area contributed by atoms with Gasteiger partial charge in [0.15, 0.2) is 5.69 Å². The van der Waals surface area contributed by atoms with Crippen LogP contribution < -0.4 is 5.73 Å². The molecular formula is C13H13N3O2. The van der Waals surface area contributed by atoms with Crippen molar-refractivity contribution in [1.29, 1.82) is 0 Å². The van der Waals surface area contributed by atoms with Crippen LogP contribution in [0.3, 0.4) is 0 Å². The average Bonchev–Trinajstić information content (AvgIpc) is 2.37. The minimum atomic E-state index is -0.540. The Kier molecular flexibility index (Phi) is 3.23. The third-order valence-electron chi connectivity index (χ3n) is 2.50. The molecule has 0 radical (unpaired) electrons. The molecule has 0 atom stereocenters. The van der Waals surface area contributed by atoms with E-state index in [1.54, 1.807) is 24.7 Å². The number of esters is 1. The molecule has 92 valence electrons. The zero-order valence-electron chi connectivity index (χ0n) is 10.2. The summed E-state index contributed by atoms with van der Waals surface area (Å²) in [5.74, 6) is -0.540. The Labute approximate surface area is 105 Å². The molecule has 18 heavy (non-hydrogen) atoms. The number of hydrogen-bond donors (Lipinski definition) is 1. The van der Waals surface area contributed by atoms with Crippen molar-refractivity contribution in [1.82, 2.24) is 9.97 Å². The smallest absolute Gasteiger partial charge is 0.358 e. The Morgan fingerprint density at radius 1 is 1.22 bits per heavy atom. The quantitative estimate of drug-likeness (QED) is 0.814. The fourth-order valence-electron chi connectivity index (χ4n) is 1.62. The van der Waals surface area contributed by atoms with Crippen LogP contribution in [-0.2, 0) is 4.74 Å². The lowest BCUT2D eigenvalue weighted by Crippen LogP contribution is -2.08. The molecular weight excluding hydrogens is 230 g/mol. The standard InChI is InChI=1S/C13H13N3O2/c1-8-3-9(6-15-5-8)10-4-11(14)12(16-7-10)13(17)18-2/h3-7H,14H2,1-2H3. The second-order valence-electron chi connectivity index (χ2n) is 3.90. The van der Waals surface area contributed by atoms with Crippen LogP contribution in [0.15, 0.2) is 30.7 Å². The number of nitrogens with zero attached hydrogens (tertiary/aromatic N) is 2. The van der Waals surface area contributed by atoms with Crippen molar-refractivity contribution in [2.75, 3.05) is 12.8 Å². The Hall–Kier alpha value is -2.43. The summed E-state index contributed by atoms with van der Waals surface area (Å²) in [6, 6.07) is 3.66. The monoisotopic (exact) mass is 243 g/mol.